The SMILES string of the molecule is O=C(/C=C/c1ccc(O)cc1)c1cc(F)ccc1F. The van der Waals surface area contributed by atoms with E-state index in [0.29, 0.717) is 5.56 Å². The zero-order valence-electron chi connectivity index (χ0n) is 9.81. The summed E-state index contributed by atoms with van der Waals surface area (Å²) in [7, 11) is 0. The molecule has 0 fully saturated rings. The van der Waals surface area contributed by atoms with Gasteiger partial charge in [-0.15, -0.1) is 0 Å². The molecule has 0 aromatic heterocycles. The maximum atomic E-state index is 13.3. The average molecular weight is 260 g/mol. The monoisotopic (exact) mass is 260 g/mol. The summed E-state index contributed by atoms with van der Waals surface area (Å²) in [6.07, 6.45) is 2.62. The van der Waals surface area contributed by atoms with Crippen LogP contribution in [0.5, 0.6) is 5.75 Å². The van der Waals surface area contributed by atoms with Crippen LogP contribution >= 0.6 is 0 Å². The highest BCUT2D eigenvalue weighted by molar-refractivity contribution is 6.07. The van der Waals surface area contributed by atoms with Crippen molar-refractivity contribution in [1.82, 2.24) is 0 Å². The van der Waals surface area contributed by atoms with Gasteiger partial charge in [0.05, 0.1) is 5.56 Å². The minimum absolute atomic E-state index is 0.111. The highest BCUT2D eigenvalue weighted by atomic mass is 19.1. The number of aromatic hydroxyl groups is 1. The number of ketones is 1. The van der Waals surface area contributed by atoms with Crippen LogP contribution in [0.4, 0.5) is 8.78 Å². The van der Waals surface area contributed by atoms with Crippen LogP contribution in [0.15, 0.2) is 48.5 Å². The van der Waals surface area contributed by atoms with Crippen molar-refractivity contribution in [3.63, 3.8) is 0 Å². The fourth-order valence-electron chi connectivity index (χ4n) is 1.53. The second kappa shape index (κ2) is 5.44. The number of carbonyl (C=O) groups is 1. The Bertz CT molecular complexity index is 631. The van der Waals surface area contributed by atoms with E-state index < -0.39 is 17.4 Å². The molecule has 1 N–H and O–H groups in total. The van der Waals surface area contributed by atoms with E-state index in [1.807, 2.05) is 0 Å². The maximum Gasteiger partial charge on any atom is 0.188 e. The normalized spacial score (nSPS) is 10.8. The molecule has 0 saturated carbocycles. The van der Waals surface area contributed by atoms with Crippen molar-refractivity contribution in [2.45, 2.75) is 0 Å². The Labute approximate surface area is 108 Å². The summed E-state index contributed by atoms with van der Waals surface area (Å²) in [5, 5.41) is 9.10. The van der Waals surface area contributed by atoms with E-state index in [1.54, 1.807) is 12.1 Å². The quantitative estimate of drug-likeness (QED) is 0.676. The van der Waals surface area contributed by atoms with Gasteiger partial charge in [0.25, 0.3) is 0 Å². The topological polar surface area (TPSA) is 37.3 Å². The lowest BCUT2D eigenvalue weighted by molar-refractivity contribution is 0.104. The predicted molar refractivity (Wildman–Crippen MR) is 67.8 cm³/mol. The van der Waals surface area contributed by atoms with Crippen molar-refractivity contribution in [2.75, 3.05) is 0 Å². The van der Waals surface area contributed by atoms with Gasteiger partial charge in [-0.3, -0.25) is 4.79 Å². The second-order valence-corrected chi connectivity index (χ2v) is 3.91. The van der Waals surface area contributed by atoms with Crippen LogP contribution in [0.1, 0.15) is 15.9 Å². The third kappa shape index (κ3) is 3.25. The molecule has 0 aliphatic rings. The molecule has 0 aliphatic carbocycles. The number of phenols is 1. The molecule has 0 bridgehead atoms. The number of rotatable bonds is 3. The van der Waals surface area contributed by atoms with Crippen molar-refractivity contribution in [3.8, 4) is 5.75 Å². The molecule has 2 aromatic carbocycles. The molecule has 0 heterocycles. The predicted octanol–water partition coefficient (Wildman–Crippen LogP) is 3.57. The first kappa shape index (κ1) is 13.0. The third-order valence-electron chi connectivity index (χ3n) is 2.51. The van der Waals surface area contributed by atoms with Crippen molar-refractivity contribution in [3.05, 3.63) is 71.3 Å². The number of phenolic OH excluding ortho intramolecular Hbond substituents is 1. The number of hydrogen-bond acceptors (Lipinski definition) is 2. The van der Waals surface area contributed by atoms with Crippen LogP contribution in [0.25, 0.3) is 6.08 Å². The van der Waals surface area contributed by atoms with E-state index in [0.717, 1.165) is 24.3 Å². The standard InChI is InChI=1S/C15H10F2O2/c16-11-4-7-14(17)13(9-11)15(19)8-3-10-1-5-12(18)6-2-10/h1-9,18H/b8-3+. The Hall–Kier alpha value is -2.49. The van der Waals surface area contributed by atoms with Crippen LogP contribution in [0.2, 0.25) is 0 Å². The lowest BCUT2D eigenvalue weighted by atomic mass is 10.1. The molecule has 0 spiro atoms. The summed E-state index contributed by atoms with van der Waals surface area (Å²) in [5.74, 6) is -1.94. The third-order valence-corrected chi connectivity index (χ3v) is 2.51. The van der Waals surface area contributed by atoms with Gasteiger partial charge in [-0.1, -0.05) is 18.2 Å². The molecule has 2 rings (SSSR count). The number of hydrogen-bond donors (Lipinski definition) is 1. The average Bonchev–Trinajstić information content (AvgIpc) is 2.40. The van der Waals surface area contributed by atoms with E-state index in [4.69, 9.17) is 5.11 Å². The summed E-state index contributed by atoms with van der Waals surface area (Å²) in [5.41, 5.74) is 0.359. The molecule has 0 aliphatic heterocycles. The first-order chi connectivity index (χ1) is 9.06. The zero-order valence-corrected chi connectivity index (χ0v) is 9.81. The lowest BCUT2D eigenvalue weighted by Gasteiger charge is -1.99. The van der Waals surface area contributed by atoms with Crippen LogP contribution in [-0.2, 0) is 0 Å². The van der Waals surface area contributed by atoms with E-state index in [1.165, 1.54) is 18.2 Å². The molecule has 19 heavy (non-hydrogen) atoms. The smallest absolute Gasteiger partial charge is 0.188 e. The Balaban J connectivity index is 2.21. The molecule has 0 saturated heterocycles. The molecule has 0 radical (unpaired) electrons. The first-order valence-electron chi connectivity index (χ1n) is 5.53. The molecule has 0 amide bonds. The van der Waals surface area contributed by atoms with E-state index in [-0.39, 0.29) is 11.3 Å². The van der Waals surface area contributed by atoms with Crippen LogP contribution in [-0.4, -0.2) is 10.9 Å². The highest BCUT2D eigenvalue weighted by Gasteiger charge is 2.09. The fourth-order valence-corrected chi connectivity index (χ4v) is 1.53. The Morgan fingerprint density at radius 1 is 1.05 bits per heavy atom. The fraction of sp³-hybridized carbons (Fsp3) is 0. The van der Waals surface area contributed by atoms with Gasteiger partial charge in [0.1, 0.15) is 17.4 Å². The summed E-state index contributed by atoms with van der Waals surface area (Å²) in [6, 6.07) is 8.85. The summed E-state index contributed by atoms with van der Waals surface area (Å²) in [4.78, 5) is 11.7. The van der Waals surface area contributed by atoms with Gasteiger partial charge in [0, 0.05) is 0 Å². The van der Waals surface area contributed by atoms with Gasteiger partial charge in [-0.2, -0.15) is 0 Å². The Morgan fingerprint density at radius 2 is 1.74 bits per heavy atom. The molecule has 0 unspecified atom stereocenters. The van der Waals surface area contributed by atoms with Crippen LogP contribution in [0.3, 0.4) is 0 Å². The molecular weight excluding hydrogens is 250 g/mol. The largest absolute Gasteiger partial charge is 0.508 e. The molecular formula is C15H10F2O2. The van der Waals surface area contributed by atoms with Crippen LogP contribution < -0.4 is 0 Å². The Morgan fingerprint density at radius 3 is 2.42 bits per heavy atom. The van der Waals surface area contributed by atoms with Gasteiger partial charge in [-0.25, -0.2) is 8.78 Å². The zero-order chi connectivity index (χ0) is 13.8. The first-order valence-corrected chi connectivity index (χ1v) is 5.53. The summed E-state index contributed by atoms with van der Waals surface area (Å²) < 4.78 is 26.3. The van der Waals surface area contributed by atoms with E-state index in [9.17, 15) is 13.6 Å². The van der Waals surface area contributed by atoms with Gasteiger partial charge in [0.15, 0.2) is 5.78 Å². The summed E-state index contributed by atoms with van der Waals surface area (Å²) in [6.45, 7) is 0. The van der Waals surface area contributed by atoms with Gasteiger partial charge in [-0.05, 0) is 42.0 Å². The van der Waals surface area contributed by atoms with Crippen molar-refractivity contribution in [1.29, 1.82) is 0 Å². The van der Waals surface area contributed by atoms with Gasteiger partial charge < -0.3 is 5.11 Å². The second-order valence-electron chi connectivity index (χ2n) is 3.91. The van der Waals surface area contributed by atoms with Gasteiger partial charge >= 0.3 is 0 Å². The number of benzene rings is 2. The number of halogens is 2. The van der Waals surface area contributed by atoms with E-state index >= 15 is 0 Å². The van der Waals surface area contributed by atoms with Gasteiger partial charge in [0.2, 0.25) is 0 Å². The van der Waals surface area contributed by atoms with Crippen molar-refractivity contribution < 1.29 is 18.7 Å². The van der Waals surface area contributed by atoms with Crippen molar-refractivity contribution >= 4 is 11.9 Å². The molecule has 96 valence electrons. The number of allylic oxidation sites excluding steroid dienone is 1. The maximum absolute atomic E-state index is 13.3. The Kier molecular flexibility index (Phi) is 3.71. The molecule has 0 atom stereocenters. The highest BCUT2D eigenvalue weighted by Crippen LogP contribution is 2.14. The molecule has 4 heteroatoms. The number of carbonyl (C=O) groups excluding carboxylic acids is 1. The minimum atomic E-state index is -0.762. The molecule has 2 nitrogen and oxygen atoms in total. The summed E-state index contributed by atoms with van der Waals surface area (Å²) >= 11 is 0. The van der Waals surface area contributed by atoms with Crippen LogP contribution in [0, 0.1) is 11.6 Å². The van der Waals surface area contributed by atoms with E-state index in [2.05, 4.69) is 0 Å². The lowest BCUT2D eigenvalue weighted by Crippen LogP contribution is -1.99. The minimum Gasteiger partial charge on any atom is -0.508 e. The molecule has 2 aromatic rings. The van der Waals surface area contributed by atoms with Crippen molar-refractivity contribution in [2.24, 2.45) is 0 Å².